The van der Waals surface area contributed by atoms with Gasteiger partial charge in [0.15, 0.2) is 6.04 Å². The average Bonchev–Trinajstić information content (AvgIpc) is 2.73. The quantitative estimate of drug-likeness (QED) is 0.761. The van der Waals surface area contributed by atoms with Crippen molar-refractivity contribution in [3.63, 3.8) is 0 Å². The van der Waals surface area contributed by atoms with Crippen LogP contribution in [0.5, 0.6) is 0 Å². The van der Waals surface area contributed by atoms with Gasteiger partial charge < -0.3 is 14.7 Å². The summed E-state index contributed by atoms with van der Waals surface area (Å²) in [5.41, 5.74) is 0. The zero-order valence-corrected chi connectivity index (χ0v) is 9.74. The molecule has 0 bridgehead atoms. The Morgan fingerprint density at radius 1 is 1.62 bits per heavy atom. The molecule has 2 saturated heterocycles. The van der Waals surface area contributed by atoms with Crippen molar-refractivity contribution in [3.05, 3.63) is 0 Å². The van der Waals surface area contributed by atoms with Crippen LogP contribution >= 0.6 is 11.8 Å². The summed E-state index contributed by atoms with van der Waals surface area (Å²) < 4.78 is 4.97. The Labute approximate surface area is 98.1 Å². The SMILES string of the molecule is O=C(O)C1COCC(=O)N1CC1CCSC1. The third-order valence-electron chi connectivity index (χ3n) is 2.96. The molecule has 2 unspecified atom stereocenters. The van der Waals surface area contributed by atoms with Gasteiger partial charge in [-0.25, -0.2) is 4.79 Å². The van der Waals surface area contributed by atoms with Gasteiger partial charge in [0.05, 0.1) is 6.61 Å². The zero-order valence-electron chi connectivity index (χ0n) is 8.92. The fraction of sp³-hybridized carbons (Fsp3) is 0.800. The number of hydrogen-bond acceptors (Lipinski definition) is 4. The van der Waals surface area contributed by atoms with Crippen LogP contribution in [-0.4, -0.2) is 59.2 Å². The summed E-state index contributed by atoms with van der Waals surface area (Å²) in [5.74, 6) is 1.40. The maximum Gasteiger partial charge on any atom is 0.328 e. The molecule has 2 aliphatic heterocycles. The maximum atomic E-state index is 11.6. The topological polar surface area (TPSA) is 66.8 Å². The summed E-state index contributed by atoms with van der Waals surface area (Å²) >= 11 is 1.86. The van der Waals surface area contributed by atoms with E-state index in [-0.39, 0.29) is 19.1 Å². The molecule has 0 aromatic carbocycles. The molecule has 2 atom stereocenters. The molecule has 2 fully saturated rings. The minimum Gasteiger partial charge on any atom is -0.480 e. The summed E-state index contributed by atoms with van der Waals surface area (Å²) in [5, 5.41) is 9.02. The monoisotopic (exact) mass is 245 g/mol. The zero-order chi connectivity index (χ0) is 11.5. The third-order valence-corrected chi connectivity index (χ3v) is 4.19. The number of carbonyl (C=O) groups excluding carboxylic acids is 1. The number of amides is 1. The van der Waals surface area contributed by atoms with Crippen molar-refractivity contribution in [1.82, 2.24) is 4.90 Å². The highest BCUT2D eigenvalue weighted by Gasteiger charge is 2.35. The molecule has 6 heteroatoms. The van der Waals surface area contributed by atoms with E-state index in [1.54, 1.807) is 0 Å². The molecule has 0 spiro atoms. The van der Waals surface area contributed by atoms with E-state index in [9.17, 15) is 9.59 Å². The van der Waals surface area contributed by atoms with Gasteiger partial charge in [-0.3, -0.25) is 4.79 Å². The van der Waals surface area contributed by atoms with E-state index in [4.69, 9.17) is 9.84 Å². The fourth-order valence-corrected chi connectivity index (χ4v) is 3.32. The minimum atomic E-state index is -0.973. The largest absolute Gasteiger partial charge is 0.480 e. The molecule has 16 heavy (non-hydrogen) atoms. The van der Waals surface area contributed by atoms with Crippen molar-refractivity contribution in [2.45, 2.75) is 12.5 Å². The molecule has 0 aliphatic carbocycles. The first-order valence-electron chi connectivity index (χ1n) is 5.36. The normalized spacial score (nSPS) is 30.8. The van der Waals surface area contributed by atoms with Crippen LogP contribution in [0.25, 0.3) is 0 Å². The van der Waals surface area contributed by atoms with Crippen LogP contribution in [0.15, 0.2) is 0 Å². The van der Waals surface area contributed by atoms with Gasteiger partial charge in [-0.15, -0.1) is 0 Å². The van der Waals surface area contributed by atoms with Crippen LogP contribution in [0.4, 0.5) is 0 Å². The highest BCUT2D eigenvalue weighted by Crippen LogP contribution is 2.25. The molecule has 5 nitrogen and oxygen atoms in total. The number of thioether (sulfide) groups is 1. The lowest BCUT2D eigenvalue weighted by molar-refractivity contribution is -0.163. The van der Waals surface area contributed by atoms with Crippen molar-refractivity contribution in [1.29, 1.82) is 0 Å². The molecule has 2 rings (SSSR count). The lowest BCUT2D eigenvalue weighted by Crippen LogP contribution is -2.54. The maximum absolute atomic E-state index is 11.6. The molecule has 2 heterocycles. The van der Waals surface area contributed by atoms with Gasteiger partial charge in [-0.2, -0.15) is 11.8 Å². The standard InChI is InChI=1S/C10H15NO4S/c12-9-5-15-4-8(10(13)14)11(9)3-7-1-2-16-6-7/h7-8H,1-6H2,(H,13,14). The van der Waals surface area contributed by atoms with Gasteiger partial charge >= 0.3 is 5.97 Å². The number of ether oxygens (including phenoxy) is 1. The molecule has 0 radical (unpaired) electrons. The number of rotatable bonds is 3. The molecule has 0 saturated carbocycles. The number of carboxylic acid groups (broad SMARTS) is 1. The first-order valence-corrected chi connectivity index (χ1v) is 6.51. The summed E-state index contributed by atoms with van der Waals surface area (Å²) in [6, 6.07) is -0.799. The minimum absolute atomic E-state index is 0.0175. The van der Waals surface area contributed by atoms with Gasteiger partial charge in [0, 0.05) is 6.54 Å². The smallest absolute Gasteiger partial charge is 0.328 e. The van der Waals surface area contributed by atoms with Gasteiger partial charge in [0.2, 0.25) is 5.91 Å². The Morgan fingerprint density at radius 2 is 2.44 bits per heavy atom. The lowest BCUT2D eigenvalue weighted by Gasteiger charge is -2.34. The predicted molar refractivity (Wildman–Crippen MR) is 59.4 cm³/mol. The van der Waals surface area contributed by atoms with Crippen LogP contribution in [0.2, 0.25) is 0 Å². The van der Waals surface area contributed by atoms with Crippen LogP contribution in [0.3, 0.4) is 0 Å². The third kappa shape index (κ3) is 2.49. The average molecular weight is 245 g/mol. The fourth-order valence-electron chi connectivity index (χ4n) is 2.04. The second-order valence-corrected chi connectivity index (χ2v) is 5.29. The van der Waals surface area contributed by atoms with E-state index in [1.165, 1.54) is 4.90 Å². The number of aliphatic carboxylic acids is 1. The molecule has 2 aliphatic rings. The molecule has 0 aromatic heterocycles. The highest BCUT2D eigenvalue weighted by atomic mass is 32.2. The second-order valence-electron chi connectivity index (χ2n) is 4.14. The number of hydrogen-bond donors (Lipinski definition) is 1. The summed E-state index contributed by atoms with van der Waals surface area (Å²) in [4.78, 5) is 24.1. The number of morpholine rings is 1. The molecule has 1 N–H and O–H groups in total. The van der Waals surface area contributed by atoms with Crippen molar-refractivity contribution in [2.75, 3.05) is 31.3 Å². The molecule has 90 valence electrons. The van der Waals surface area contributed by atoms with Crippen molar-refractivity contribution in [2.24, 2.45) is 5.92 Å². The van der Waals surface area contributed by atoms with Gasteiger partial charge in [-0.1, -0.05) is 0 Å². The van der Waals surface area contributed by atoms with Crippen LogP contribution < -0.4 is 0 Å². The first kappa shape index (κ1) is 11.7. The Balaban J connectivity index is 2.00. The van der Waals surface area contributed by atoms with Crippen molar-refractivity contribution in [3.8, 4) is 0 Å². The van der Waals surface area contributed by atoms with E-state index < -0.39 is 12.0 Å². The summed E-state index contributed by atoms with van der Waals surface area (Å²) in [7, 11) is 0. The lowest BCUT2D eigenvalue weighted by atomic mass is 10.1. The van der Waals surface area contributed by atoms with E-state index in [0.29, 0.717) is 12.5 Å². The summed E-state index contributed by atoms with van der Waals surface area (Å²) in [6.45, 7) is 0.691. The van der Waals surface area contributed by atoms with Crippen LogP contribution in [-0.2, 0) is 14.3 Å². The summed E-state index contributed by atoms with van der Waals surface area (Å²) in [6.07, 6.45) is 1.07. The van der Waals surface area contributed by atoms with Crippen molar-refractivity contribution >= 4 is 23.6 Å². The van der Waals surface area contributed by atoms with E-state index in [0.717, 1.165) is 17.9 Å². The van der Waals surface area contributed by atoms with Gasteiger partial charge in [-0.05, 0) is 23.8 Å². The Hall–Kier alpha value is -0.750. The molecule has 0 aromatic rings. The van der Waals surface area contributed by atoms with E-state index >= 15 is 0 Å². The molecular weight excluding hydrogens is 230 g/mol. The number of carboxylic acids is 1. The highest BCUT2D eigenvalue weighted by molar-refractivity contribution is 7.99. The first-order chi connectivity index (χ1) is 7.68. The van der Waals surface area contributed by atoms with E-state index in [2.05, 4.69) is 0 Å². The predicted octanol–water partition coefficient (Wildman–Crippen LogP) is 0.0515. The van der Waals surface area contributed by atoms with Gasteiger partial charge in [0.1, 0.15) is 6.61 Å². The molecular formula is C10H15NO4S. The molecule has 1 amide bonds. The second kappa shape index (κ2) is 5.05. The Bertz CT molecular complexity index is 291. The van der Waals surface area contributed by atoms with Crippen LogP contribution in [0, 0.1) is 5.92 Å². The number of nitrogens with zero attached hydrogens (tertiary/aromatic N) is 1. The Morgan fingerprint density at radius 3 is 3.06 bits per heavy atom. The van der Waals surface area contributed by atoms with Crippen molar-refractivity contribution < 1.29 is 19.4 Å². The number of carbonyl (C=O) groups is 2. The van der Waals surface area contributed by atoms with Crippen LogP contribution in [0.1, 0.15) is 6.42 Å². The Kier molecular flexibility index (Phi) is 3.70. The van der Waals surface area contributed by atoms with E-state index in [1.807, 2.05) is 11.8 Å². The van der Waals surface area contributed by atoms with Gasteiger partial charge in [0.25, 0.3) is 0 Å².